The summed E-state index contributed by atoms with van der Waals surface area (Å²) in [6.45, 7) is 0.0753. The molecule has 1 unspecified atom stereocenters. The second-order valence-corrected chi connectivity index (χ2v) is 8.61. The van der Waals surface area contributed by atoms with E-state index in [1.54, 1.807) is 0 Å². The zero-order chi connectivity index (χ0) is 35.5. The van der Waals surface area contributed by atoms with Gasteiger partial charge >= 0.3 is 71.4 Å². The number of hydrogen-bond donors (Lipinski definition) is 0. The van der Waals surface area contributed by atoms with E-state index in [9.17, 15) is 106 Å². The zero-order valence-corrected chi connectivity index (χ0v) is 20.2. The van der Waals surface area contributed by atoms with Gasteiger partial charge in [0, 0.05) is 0 Å². The minimum atomic E-state index is -9.50. The summed E-state index contributed by atoms with van der Waals surface area (Å²) in [6.07, 6.45) is -20.3. The van der Waals surface area contributed by atoms with Crippen LogP contribution < -0.4 is 0 Å². The molecule has 0 aliphatic carbocycles. The van der Waals surface area contributed by atoms with Crippen molar-refractivity contribution in [1.29, 1.82) is 0 Å². The SMILES string of the molecule is CCC(C)C(=O)OCCC(F)(F)C(F)(F)C(F)(F)C(F)(F)C(F)(F)C(F)(F)C(F)(F)C(F)(F)C(F)(C(F)(F)F)C(F)(F)F. The van der Waals surface area contributed by atoms with Crippen LogP contribution in [0.15, 0.2) is 0 Å². The van der Waals surface area contributed by atoms with Gasteiger partial charge in [0.25, 0.3) is 0 Å². The molecule has 0 rings (SSSR count). The van der Waals surface area contributed by atoms with Crippen LogP contribution in [-0.4, -0.2) is 78.0 Å². The first-order chi connectivity index (χ1) is 18.4. The largest absolute Gasteiger partial charge is 0.465 e. The van der Waals surface area contributed by atoms with Gasteiger partial charge in [0.2, 0.25) is 0 Å². The summed E-state index contributed by atoms with van der Waals surface area (Å²) in [4.78, 5) is 11.3. The van der Waals surface area contributed by atoms with Gasteiger partial charge in [-0.3, -0.25) is 4.79 Å². The fraction of sp³-hybridized carbons (Fsp3) is 0.944. The van der Waals surface area contributed by atoms with E-state index in [0.29, 0.717) is 0 Å². The summed E-state index contributed by atoms with van der Waals surface area (Å²) >= 11 is 0. The average molecular weight is 698 g/mol. The van der Waals surface area contributed by atoms with Gasteiger partial charge < -0.3 is 4.74 Å². The second-order valence-electron chi connectivity index (χ2n) is 8.61. The molecule has 25 heteroatoms. The topological polar surface area (TPSA) is 26.3 Å². The van der Waals surface area contributed by atoms with Crippen LogP contribution >= 0.6 is 0 Å². The molecule has 0 aromatic carbocycles. The van der Waals surface area contributed by atoms with Crippen LogP contribution in [0.25, 0.3) is 0 Å². The van der Waals surface area contributed by atoms with E-state index in [-0.39, 0.29) is 6.42 Å². The molecule has 0 bridgehead atoms. The predicted molar refractivity (Wildman–Crippen MR) is 90.6 cm³/mol. The molecule has 43 heavy (non-hydrogen) atoms. The Morgan fingerprint density at radius 1 is 0.512 bits per heavy atom. The van der Waals surface area contributed by atoms with Gasteiger partial charge in [-0.25, -0.2) is 4.39 Å². The lowest BCUT2D eigenvalue weighted by molar-refractivity contribution is -0.481. The van der Waals surface area contributed by atoms with E-state index in [1.807, 2.05) is 0 Å². The Hall–Kier alpha value is -2.14. The minimum Gasteiger partial charge on any atom is -0.465 e. The highest BCUT2D eigenvalue weighted by atomic mass is 19.4. The molecule has 0 saturated heterocycles. The molecule has 0 aromatic heterocycles. The first-order valence-electron chi connectivity index (χ1n) is 10.4. The Morgan fingerprint density at radius 2 is 0.791 bits per heavy atom. The van der Waals surface area contributed by atoms with Crippen LogP contribution in [-0.2, 0) is 9.53 Å². The molecule has 0 aromatic rings. The molecule has 0 aliphatic rings. The van der Waals surface area contributed by atoms with Crippen LogP contribution in [0.5, 0.6) is 0 Å². The van der Waals surface area contributed by atoms with Crippen LogP contribution in [0.1, 0.15) is 26.7 Å². The summed E-state index contributed by atoms with van der Waals surface area (Å²) in [5.41, 5.74) is -9.04. The number of hydrogen-bond acceptors (Lipinski definition) is 2. The first-order valence-corrected chi connectivity index (χ1v) is 10.4. The van der Waals surface area contributed by atoms with Gasteiger partial charge in [-0.1, -0.05) is 13.8 Å². The van der Waals surface area contributed by atoms with E-state index in [2.05, 4.69) is 4.74 Å². The summed E-state index contributed by atoms with van der Waals surface area (Å²) in [6, 6.07) is 0. The fourth-order valence-electron chi connectivity index (χ4n) is 2.69. The summed E-state index contributed by atoms with van der Waals surface area (Å²) in [7, 11) is 0. The molecule has 0 aliphatic heterocycles. The summed E-state index contributed by atoms with van der Waals surface area (Å²) < 4.78 is 311. The second kappa shape index (κ2) is 11.0. The molecular formula is C18H13F23O2. The van der Waals surface area contributed by atoms with Gasteiger partial charge in [-0.05, 0) is 6.42 Å². The molecule has 0 spiro atoms. The van der Waals surface area contributed by atoms with Crippen molar-refractivity contribution in [3.8, 4) is 0 Å². The third kappa shape index (κ3) is 5.62. The van der Waals surface area contributed by atoms with E-state index >= 15 is 0 Å². The van der Waals surface area contributed by atoms with E-state index < -0.39 is 90.3 Å². The highest BCUT2D eigenvalue weighted by Gasteiger charge is 2.99. The number of carbonyl (C=O) groups is 1. The van der Waals surface area contributed by atoms with E-state index in [0.717, 1.165) is 6.92 Å². The smallest absolute Gasteiger partial charge is 0.438 e. The highest BCUT2D eigenvalue weighted by molar-refractivity contribution is 5.71. The maximum atomic E-state index is 13.8. The molecule has 1 atom stereocenters. The van der Waals surface area contributed by atoms with Gasteiger partial charge in [0.15, 0.2) is 0 Å². The lowest BCUT2D eigenvalue weighted by atomic mass is 9.82. The Labute approximate surface area is 222 Å². The molecule has 258 valence electrons. The minimum absolute atomic E-state index is 0.155. The molecule has 0 amide bonds. The van der Waals surface area contributed by atoms with Crippen molar-refractivity contribution in [1.82, 2.24) is 0 Å². The monoisotopic (exact) mass is 698 g/mol. The fourth-order valence-corrected chi connectivity index (χ4v) is 2.69. The van der Waals surface area contributed by atoms with Crippen molar-refractivity contribution in [3.05, 3.63) is 0 Å². The zero-order valence-electron chi connectivity index (χ0n) is 20.2. The summed E-state index contributed by atoms with van der Waals surface area (Å²) in [5, 5.41) is 0. The van der Waals surface area contributed by atoms with Crippen molar-refractivity contribution in [2.75, 3.05) is 6.61 Å². The van der Waals surface area contributed by atoms with Gasteiger partial charge in [-0.15, -0.1) is 0 Å². The number of ether oxygens (including phenoxy) is 1. The van der Waals surface area contributed by atoms with Crippen molar-refractivity contribution in [2.45, 2.75) is 92.1 Å². The van der Waals surface area contributed by atoms with E-state index in [4.69, 9.17) is 0 Å². The Bertz CT molecular complexity index is 977. The molecule has 0 fully saturated rings. The molecule has 2 nitrogen and oxygen atoms in total. The van der Waals surface area contributed by atoms with Gasteiger partial charge in [0.05, 0.1) is 18.9 Å². The lowest BCUT2D eigenvalue weighted by Crippen LogP contribution is -2.79. The third-order valence-electron chi connectivity index (χ3n) is 5.71. The van der Waals surface area contributed by atoms with Crippen LogP contribution in [0.2, 0.25) is 0 Å². The Kier molecular flexibility index (Phi) is 10.5. The highest BCUT2D eigenvalue weighted by Crippen LogP contribution is 2.67. The third-order valence-corrected chi connectivity index (χ3v) is 5.71. The first kappa shape index (κ1) is 40.9. The lowest BCUT2D eigenvalue weighted by Gasteiger charge is -2.46. The molecule has 0 heterocycles. The van der Waals surface area contributed by atoms with Gasteiger partial charge in [0.1, 0.15) is 0 Å². The number of halogens is 23. The maximum absolute atomic E-state index is 13.8. The Morgan fingerprint density at radius 3 is 1.07 bits per heavy atom. The normalized spacial score (nSPS) is 16.8. The predicted octanol–water partition coefficient (Wildman–Crippen LogP) is 8.88. The molecule has 0 saturated carbocycles. The molecule has 0 N–H and O–H groups in total. The van der Waals surface area contributed by atoms with Crippen LogP contribution in [0, 0.1) is 5.92 Å². The number of alkyl halides is 23. The van der Waals surface area contributed by atoms with Gasteiger partial charge in [-0.2, -0.15) is 96.6 Å². The Balaban J connectivity index is 6.99. The van der Waals surface area contributed by atoms with Crippen LogP contribution in [0.4, 0.5) is 101 Å². The number of carbonyl (C=O) groups excluding carboxylic acids is 1. The van der Waals surface area contributed by atoms with Crippen molar-refractivity contribution in [3.63, 3.8) is 0 Å². The quantitative estimate of drug-likeness (QED) is 0.142. The van der Waals surface area contributed by atoms with Crippen molar-refractivity contribution < 1.29 is 111 Å². The number of esters is 1. The van der Waals surface area contributed by atoms with Crippen LogP contribution in [0.3, 0.4) is 0 Å². The molecule has 0 radical (unpaired) electrons. The van der Waals surface area contributed by atoms with Crippen molar-refractivity contribution in [2.24, 2.45) is 5.92 Å². The van der Waals surface area contributed by atoms with E-state index in [1.165, 1.54) is 6.92 Å². The number of rotatable bonds is 13. The summed E-state index contributed by atoms with van der Waals surface area (Å²) in [5.74, 6) is -73.6. The average Bonchev–Trinajstić information content (AvgIpc) is 2.80. The van der Waals surface area contributed by atoms with Crippen molar-refractivity contribution >= 4 is 5.97 Å². The molecular weight excluding hydrogens is 685 g/mol. The maximum Gasteiger partial charge on any atom is 0.438 e. The standard InChI is InChI=1S/C18H13F23O2/c1-3-6(2)7(42)43-5-4-8(19,20)10(22,23)12(26,27)14(30,31)16(34,35)15(32,33)13(28,29)11(24,25)9(21,17(36,37)38)18(39,40)41/h6H,3-5H2,1-2H3.